The largest absolute Gasteiger partial charge is 0.480 e. The van der Waals surface area contributed by atoms with Gasteiger partial charge in [-0.25, -0.2) is 0 Å². The average molecular weight is 549 g/mol. The van der Waals surface area contributed by atoms with Crippen LogP contribution >= 0.6 is 0 Å². The van der Waals surface area contributed by atoms with E-state index in [4.69, 9.17) is 25.9 Å². The molecule has 2 aromatic rings. The minimum atomic E-state index is -4.02. The fraction of sp³-hybridized carbons (Fsp3) is 0.500. The number of aryl methyl sites for hydroxylation is 1. The van der Waals surface area contributed by atoms with Gasteiger partial charge in [0.2, 0.25) is 0 Å². The maximum Gasteiger partial charge on any atom is 0.326 e. The zero-order valence-electron chi connectivity index (χ0n) is 22.0. The molecule has 9 nitrogen and oxygen atoms in total. The van der Waals surface area contributed by atoms with Crippen molar-refractivity contribution in [2.24, 2.45) is 11.5 Å². The minimum absolute atomic E-state index is 0.0666. The van der Waals surface area contributed by atoms with Gasteiger partial charge in [-0.15, -0.1) is 0 Å². The standard InChI is InChI=1S/C14H19NO2.C7H13NO2.C7H8O3S/c15-14(9-5-2-6-10-14)13(16)17-11-12-7-3-1-4-8-12;8-7(6(9)10)4-2-1-3-5-7;1-6-2-4-7(5-3-6)11(8,9)10/h1,3-4,7-8H,2,5-6,9-11,15H2;1-5,8H2,(H,9,10);2-5H,1H3,(H,8,9,10). The van der Waals surface area contributed by atoms with Crippen molar-refractivity contribution in [3.63, 3.8) is 0 Å². The van der Waals surface area contributed by atoms with Gasteiger partial charge in [-0.3, -0.25) is 14.1 Å². The summed E-state index contributed by atoms with van der Waals surface area (Å²) in [5.74, 6) is -1.09. The first-order valence-electron chi connectivity index (χ1n) is 12.9. The first-order valence-corrected chi connectivity index (χ1v) is 14.4. The summed E-state index contributed by atoms with van der Waals surface area (Å²) in [6.45, 7) is 2.16. The lowest BCUT2D eigenvalue weighted by Gasteiger charge is -2.30. The van der Waals surface area contributed by atoms with Crippen LogP contribution in [0.1, 0.15) is 75.3 Å². The number of carbonyl (C=O) groups excluding carboxylic acids is 1. The van der Waals surface area contributed by atoms with E-state index >= 15 is 0 Å². The first-order chi connectivity index (χ1) is 17.9. The Morgan fingerprint density at radius 2 is 1.29 bits per heavy atom. The Labute approximate surface area is 225 Å². The molecule has 2 aliphatic carbocycles. The molecule has 0 saturated heterocycles. The molecule has 0 spiro atoms. The smallest absolute Gasteiger partial charge is 0.326 e. The summed E-state index contributed by atoms with van der Waals surface area (Å²) >= 11 is 0. The Balaban J connectivity index is 0.000000211. The lowest BCUT2D eigenvalue weighted by atomic mass is 9.83. The molecule has 4 rings (SSSR count). The highest BCUT2D eigenvalue weighted by molar-refractivity contribution is 7.85. The molecule has 0 bridgehead atoms. The highest BCUT2D eigenvalue weighted by Crippen LogP contribution is 2.27. The Kier molecular flexibility index (Phi) is 11.9. The minimum Gasteiger partial charge on any atom is -0.480 e. The molecule has 6 N–H and O–H groups in total. The summed E-state index contributed by atoms with van der Waals surface area (Å²) in [6, 6.07) is 15.7. The van der Waals surface area contributed by atoms with Gasteiger partial charge in [0, 0.05) is 0 Å². The van der Waals surface area contributed by atoms with Crippen LogP contribution in [0.5, 0.6) is 0 Å². The van der Waals surface area contributed by atoms with Gasteiger partial charge in [-0.2, -0.15) is 8.42 Å². The number of rotatable bonds is 5. The number of carbonyl (C=O) groups is 2. The number of hydrogen-bond acceptors (Lipinski definition) is 7. The van der Waals surface area contributed by atoms with Crippen LogP contribution in [-0.2, 0) is 31.1 Å². The maximum absolute atomic E-state index is 11.9. The molecular weight excluding hydrogens is 508 g/mol. The van der Waals surface area contributed by atoms with Crippen molar-refractivity contribution in [2.45, 2.75) is 93.7 Å². The second-order valence-electron chi connectivity index (χ2n) is 10.1. The molecule has 210 valence electrons. The van der Waals surface area contributed by atoms with Gasteiger partial charge in [0.1, 0.15) is 17.7 Å². The first kappa shape index (κ1) is 31.4. The van der Waals surface area contributed by atoms with Crippen LogP contribution in [0.2, 0.25) is 0 Å². The second-order valence-corrected chi connectivity index (χ2v) is 11.5. The second kappa shape index (κ2) is 14.4. The number of nitrogens with two attached hydrogens (primary N) is 2. The fourth-order valence-corrected chi connectivity index (χ4v) is 4.84. The summed E-state index contributed by atoms with van der Waals surface area (Å²) in [4.78, 5) is 22.4. The van der Waals surface area contributed by atoms with E-state index in [1.807, 2.05) is 37.3 Å². The van der Waals surface area contributed by atoms with Gasteiger partial charge in [0.05, 0.1) is 4.90 Å². The van der Waals surface area contributed by atoms with E-state index in [1.54, 1.807) is 12.1 Å². The van der Waals surface area contributed by atoms with Crippen LogP contribution in [0.3, 0.4) is 0 Å². The molecule has 0 atom stereocenters. The molecule has 2 saturated carbocycles. The van der Waals surface area contributed by atoms with E-state index in [0.29, 0.717) is 19.4 Å². The fourth-order valence-electron chi connectivity index (χ4n) is 4.36. The number of benzene rings is 2. The van der Waals surface area contributed by atoms with Crippen LogP contribution in [0.4, 0.5) is 0 Å². The van der Waals surface area contributed by atoms with E-state index in [-0.39, 0.29) is 10.9 Å². The number of hydrogen-bond donors (Lipinski definition) is 4. The summed E-state index contributed by atoms with van der Waals surface area (Å²) in [7, 11) is -4.02. The van der Waals surface area contributed by atoms with E-state index in [2.05, 4.69) is 0 Å². The predicted molar refractivity (Wildman–Crippen MR) is 145 cm³/mol. The molecule has 2 aliphatic rings. The molecule has 0 amide bonds. The Bertz CT molecular complexity index is 1120. The molecule has 2 fully saturated rings. The summed E-state index contributed by atoms with van der Waals surface area (Å²) in [5, 5.41) is 8.67. The molecular formula is C28H40N2O7S. The van der Waals surface area contributed by atoms with Crippen LogP contribution < -0.4 is 11.5 Å². The van der Waals surface area contributed by atoms with Gasteiger partial charge >= 0.3 is 11.9 Å². The van der Waals surface area contributed by atoms with Crippen molar-refractivity contribution in [1.82, 2.24) is 0 Å². The lowest BCUT2D eigenvalue weighted by molar-refractivity contribution is -0.153. The third-order valence-corrected chi connectivity index (χ3v) is 7.72. The van der Waals surface area contributed by atoms with Crippen molar-refractivity contribution in [2.75, 3.05) is 0 Å². The van der Waals surface area contributed by atoms with Gasteiger partial charge < -0.3 is 21.3 Å². The van der Waals surface area contributed by atoms with Crippen LogP contribution in [-0.4, -0.2) is 41.1 Å². The van der Waals surface area contributed by atoms with Crippen molar-refractivity contribution < 1.29 is 32.4 Å². The number of carboxylic acids is 1. The van der Waals surface area contributed by atoms with Crippen LogP contribution in [0.25, 0.3) is 0 Å². The molecule has 0 unspecified atom stereocenters. The third kappa shape index (κ3) is 10.2. The van der Waals surface area contributed by atoms with Crippen LogP contribution in [0, 0.1) is 6.92 Å². The van der Waals surface area contributed by atoms with Gasteiger partial charge in [-0.1, -0.05) is 86.6 Å². The van der Waals surface area contributed by atoms with E-state index in [9.17, 15) is 18.0 Å². The highest BCUT2D eigenvalue weighted by atomic mass is 32.2. The van der Waals surface area contributed by atoms with Crippen molar-refractivity contribution in [3.8, 4) is 0 Å². The molecule has 2 aromatic carbocycles. The van der Waals surface area contributed by atoms with Crippen molar-refractivity contribution in [1.29, 1.82) is 0 Å². The van der Waals surface area contributed by atoms with E-state index < -0.39 is 27.2 Å². The molecule has 0 aromatic heterocycles. The van der Waals surface area contributed by atoms with Crippen molar-refractivity contribution >= 4 is 22.1 Å². The normalized spacial score (nSPS) is 18.0. The van der Waals surface area contributed by atoms with Gasteiger partial charge in [0.25, 0.3) is 10.1 Å². The van der Waals surface area contributed by atoms with Crippen LogP contribution in [0.15, 0.2) is 59.5 Å². The monoisotopic (exact) mass is 548 g/mol. The maximum atomic E-state index is 11.9. The highest BCUT2D eigenvalue weighted by Gasteiger charge is 2.37. The summed E-state index contributed by atoms with van der Waals surface area (Å²) in [6.07, 6.45) is 9.06. The summed E-state index contributed by atoms with van der Waals surface area (Å²) < 4.78 is 34.9. The average Bonchev–Trinajstić information content (AvgIpc) is 2.89. The molecule has 10 heteroatoms. The Hall–Kier alpha value is -2.79. The van der Waals surface area contributed by atoms with E-state index in [1.165, 1.54) is 18.6 Å². The number of aliphatic carboxylic acids is 1. The quantitative estimate of drug-likeness (QED) is 0.313. The molecule has 0 radical (unpaired) electrons. The Morgan fingerprint density at radius 3 is 1.71 bits per heavy atom. The molecule has 0 aliphatic heterocycles. The van der Waals surface area contributed by atoms with Gasteiger partial charge in [0.15, 0.2) is 0 Å². The zero-order valence-corrected chi connectivity index (χ0v) is 22.8. The predicted octanol–water partition coefficient (Wildman–Crippen LogP) is 4.37. The zero-order chi connectivity index (χ0) is 28.2. The van der Waals surface area contributed by atoms with E-state index in [0.717, 1.165) is 56.1 Å². The Morgan fingerprint density at radius 1 is 0.816 bits per heavy atom. The third-order valence-electron chi connectivity index (χ3n) is 6.86. The van der Waals surface area contributed by atoms with Gasteiger partial charge in [-0.05, 0) is 50.3 Å². The van der Waals surface area contributed by atoms with Crippen molar-refractivity contribution in [3.05, 3.63) is 65.7 Å². The molecule has 0 heterocycles. The SMILES string of the molecule is Cc1ccc(S(=O)(=O)O)cc1.NC1(C(=O)O)CCCCC1.NC1(C(=O)OCc2ccccc2)CCCCC1. The summed E-state index contributed by atoms with van der Waals surface area (Å²) in [5.41, 5.74) is 12.0. The molecule has 38 heavy (non-hydrogen) atoms. The number of ether oxygens (including phenoxy) is 1. The topological polar surface area (TPSA) is 170 Å². The number of esters is 1. The lowest BCUT2D eigenvalue weighted by Crippen LogP contribution is -2.50. The number of carboxylic acid groups (broad SMARTS) is 1.